The highest BCUT2D eigenvalue weighted by Gasteiger charge is 2.13. The van der Waals surface area contributed by atoms with Crippen molar-refractivity contribution >= 4 is 11.6 Å². The lowest BCUT2D eigenvalue weighted by molar-refractivity contribution is 0.102. The van der Waals surface area contributed by atoms with Crippen molar-refractivity contribution < 1.29 is 13.9 Å². The minimum atomic E-state index is -0.325. The molecule has 1 amide bonds. The number of rotatable bonds is 3. The number of amides is 1. The molecule has 0 unspecified atom stereocenters. The molecule has 0 fully saturated rings. The van der Waals surface area contributed by atoms with Crippen molar-refractivity contribution in [2.75, 3.05) is 12.4 Å². The Labute approximate surface area is 117 Å². The van der Waals surface area contributed by atoms with E-state index in [2.05, 4.69) is 5.32 Å². The molecule has 0 heterocycles. The first-order valence-corrected chi connectivity index (χ1v) is 6.23. The zero-order valence-corrected chi connectivity index (χ0v) is 11.7. The van der Waals surface area contributed by atoms with E-state index in [1.807, 2.05) is 13.0 Å². The van der Waals surface area contributed by atoms with E-state index in [0.717, 1.165) is 5.56 Å². The molecule has 0 saturated heterocycles. The standard InChI is InChI=1S/C16H16FNO2/c1-10-4-7-15(20-3)13(8-10)16(19)18-14-6-5-12(17)9-11(14)2/h4-9H,1-3H3,(H,18,19). The third kappa shape index (κ3) is 2.96. The van der Waals surface area contributed by atoms with E-state index in [4.69, 9.17) is 4.74 Å². The normalized spacial score (nSPS) is 10.2. The number of anilines is 1. The minimum Gasteiger partial charge on any atom is -0.496 e. The Morgan fingerprint density at radius 2 is 1.90 bits per heavy atom. The Morgan fingerprint density at radius 1 is 1.15 bits per heavy atom. The summed E-state index contributed by atoms with van der Waals surface area (Å²) in [6, 6.07) is 9.62. The van der Waals surface area contributed by atoms with Crippen LogP contribution in [0.5, 0.6) is 5.75 Å². The number of carbonyl (C=O) groups excluding carboxylic acids is 1. The molecule has 0 aromatic heterocycles. The Bertz CT molecular complexity index is 653. The molecule has 2 aromatic rings. The monoisotopic (exact) mass is 273 g/mol. The summed E-state index contributed by atoms with van der Waals surface area (Å²) in [5.74, 6) is -0.0956. The van der Waals surface area contributed by atoms with Gasteiger partial charge in [-0.15, -0.1) is 0 Å². The largest absolute Gasteiger partial charge is 0.496 e. The molecular formula is C16H16FNO2. The summed E-state index contributed by atoms with van der Waals surface area (Å²) in [6.07, 6.45) is 0. The van der Waals surface area contributed by atoms with E-state index < -0.39 is 0 Å². The molecule has 0 atom stereocenters. The van der Waals surface area contributed by atoms with Gasteiger partial charge in [-0.3, -0.25) is 4.79 Å². The first-order chi connectivity index (χ1) is 9.51. The molecular weight excluding hydrogens is 257 g/mol. The van der Waals surface area contributed by atoms with Gasteiger partial charge in [-0.25, -0.2) is 4.39 Å². The number of halogens is 1. The number of carbonyl (C=O) groups is 1. The Hall–Kier alpha value is -2.36. The van der Waals surface area contributed by atoms with E-state index >= 15 is 0 Å². The van der Waals surface area contributed by atoms with E-state index in [0.29, 0.717) is 22.6 Å². The van der Waals surface area contributed by atoms with Crippen molar-refractivity contribution in [1.82, 2.24) is 0 Å². The topological polar surface area (TPSA) is 38.3 Å². The zero-order valence-electron chi connectivity index (χ0n) is 11.7. The predicted molar refractivity (Wildman–Crippen MR) is 76.8 cm³/mol. The van der Waals surface area contributed by atoms with Crippen molar-refractivity contribution in [3.05, 3.63) is 58.9 Å². The van der Waals surface area contributed by atoms with E-state index in [-0.39, 0.29) is 11.7 Å². The molecule has 20 heavy (non-hydrogen) atoms. The summed E-state index contributed by atoms with van der Waals surface area (Å²) >= 11 is 0. The van der Waals surface area contributed by atoms with Crippen LogP contribution >= 0.6 is 0 Å². The van der Waals surface area contributed by atoms with Gasteiger partial charge in [-0.05, 0) is 49.7 Å². The van der Waals surface area contributed by atoms with Crippen molar-refractivity contribution in [3.8, 4) is 5.75 Å². The molecule has 0 spiro atoms. The summed E-state index contributed by atoms with van der Waals surface area (Å²) in [4.78, 5) is 12.3. The van der Waals surface area contributed by atoms with Crippen molar-refractivity contribution in [2.24, 2.45) is 0 Å². The van der Waals surface area contributed by atoms with Gasteiger partial charge in [-0.2, -0.15) is 0 Å². The molecule has 0 bridgehead atoms. The first-order valence-electron chi connectivity index (χ1n) is 6.23. The molecule has 104 valence electrons. The Balaban J connectivity index is 2.30. The third-order valence-corrected chi connectivity index (χ3v) is 3.04. The summed E-state index contributed by atoms with van der Waals surface area (Å²) in [5, 5.41) is 2.77. The van der Waals surface area contributed by atoms with Gasteiger partial charge in [0.25, 0.3) is 5.91 Å². The SMILES string of the molecule is COc1ccc(C)cc1C(=O)Nc1ccc(F)cc1C. The van der Waals surface area contributed by atoms with Gasteiger partial charge in [0.1, 0.15) is 11.6 Å². The maximum absolute atomic E-state index is 13.0. The first kappa shape index (κ1) is 14.1. The lowest BCUT2D eigenvalue weighted by atomic mass is 10.1. The summed E-state index contributed by atoms with van der Waals surface area (Å²) in [7, 11) is 1.52. The second-order valence-electron chi connectivity index (χ2n) is 4.62. The van der Waals surface area contributed by atoms with Gasteiger partial charge in [0.15, 0.2) is 0 Å². The molecule has 4 heteroatoms. The van der Waals surface area contributed by atoms with Gasteiger partial charge in [0.2, 0.25) is 0 Å². The van der Waals surface area contributed by atoms with Crippen LogP contribution in [0.3, 0.4) is 0 Å². The number of benzene rings is 2. The number of hydrogen-bond donors (Lipinski definition) is 1. The second kappa shape index (κ2) is 5.74. The van der Waals surface area contributed by atoms with Crippen LogP contribution < -0.4 is 10.1 Å². The van der Waals surface area contributed by atoms with Crippen molar-refractivity contribution in [2.45, 2.75) is 13.8 Å². The maximum Gasteiger partial charge on any atom is 0.259 e. The van der Waals surface area contributed by atoms with Gasteiger partial charge >= 0.3 is 0 Å². The van der Waals surface area contributed by atoms with E-state index in [1.54, 1.807) is 25.1 Å². The third-order valence-electron chi connectivity index (χ3n) is 3.04. The number of ether oxygens (including phenoxy) is 1. The molecule has 0 aliphatic rings. The fraction of sp³-hybridized carbons (Fsp3) is 0.188. The Kier molecular flexibility index (Phi) is 4.03. The van der Waals surface area contributed by atoms with E-state index in [9.17, 15) is 9.18 Å². The molecule has 2 rings (SSSR count). The van der Waals surface area contributed by atoms with E-state index in [1.165, 1.54) is 19.2 Å². The average Bonchev–Trinajstić information content (AvgIpc) is 2.41. The smallest absolute Gasteiger partial charge is 0.259 e. The molecule has 0 aliphatic heterocycles. The van der Waals surface area contributed by atoms with Crippen molar-refractivity contribution in [1.29, 1.82) is 0 Å². The Morgan fingerprint density at radius 3 is 2.55 bits per heavy atom. The number of nitrogens with one attached hydrogen (secondary N) is 1. The number of methoxy groups -OCH3 is 1. The van der Waals surface area contributed by atoms with Crippen LogP contribution in [0.15, 0.2) is 36.4 Å². The van der Waals surface area contributed by atoms with Crippen LogP contribution in [0, 0.1) is 19.7 Å². The van der Waals surface area contributed by atoms with Gasteiger partial charge in [-0.1, -0.05) is 11.6 Å². The highest BCUT2D eigenvalue weighted by atomic mass is 19.1. The quantitative estimate of drug-likeness (QED) is 0.926. The highest BCUT2D eigenvalue weighted by molar-refractivity contribution is 6.06. The van der Waals surface area contributed by atoms with Gasteiger partial charge in [0.05, 0.1) is 12.7 Å². The lowest BCUT2D eigenvalue weighted by Gasteiger charge is -2.11. The molecule has 0 aliphatic carbocycles. The van der Waals surface area contributed by atoms with Crippen molar-refractivity contribution in [3.63, 3.8) is 0 Å². The molecule has 2 aromatic carbocycles. The minimum absolute atomic E-state index is 0.278. The van der Waals surface area contributed by atoms with Crippen LogP contribution in [0.2, 0.25) is 0 Å². The molecule has 1 N–H and O–H groups in total. The number of aryl methyl sites for hydroxylation is 2. The van der Waals surface area contributed by atoms with Crippen LogP contribution in [-0.2, 0) is 0 Å². The zero-order chi connectivity index (χ0) is 14.7. The molecule has 3 nitrogen and oxygen atoms in total. The summed E-state index contributed by atoms with van der Waals surface area (Å²) in [6.45, 7) is 3.64. The summed E-state index contributed by atoms with van der Waals surface area (Å²) in [5.41, 5.74) is 2.67. The maximum atomic E-state index is 13.0. The molecule has 0 saturated carbocycles. The number of hydrogen-bond acceptors (Lipinski definition) is 2. The average molecular weight is 273 g/mol. The van der Waals surface area contributed by atoms with Gasteiger partial charge in [0, 0.05) is 5.69 Å². The van der Waals surface area contributed by atoms with Crippen LogP contribution in [0.25, 0.3) is 0 Å². The fourth-order valence-corrected chi connectivity index (χ4v) is 1.96. The molecule has 0 radical (unpaired) electrons. The fourth-order valence-electron chi connectivity index (χ4n) is 1.96. The van der Waals surface area contributed by atoms with Crippen LogP contribution in [0.4, 0.5) is 10.1 Å². The second-order valence-corrected chi connectivity index (χ2v) is 4.62. The van der Waals surface area contributed by atoms with Gasteiger partial charge < -0.3 is 10.1 Å². The lowest BCUT2D eigenvalue weighted by Crippen LogP contribution is -2.14. The van der Waals surface area contributed by atoms with Crippen LogP contribution in [-0.4, -0.2) is 13.0 Å². The highest BCUT2D eigenvalue weighted by Crippen LogP contribution is 2.22. The van der Waals surface area contributed by atoms with Crippen LogP contribution in [0.1, 0.15) is 21.5 Å². The predicted octanol–water partition coefficient (Wildman–Crippen LogP) is 3.70. The summed E-state index contributed by atoms with van der Waals surface area (Å²) < 4.78 is 18.2.